The molecule has 0 saturated heterocycles. The Hall–Kier alpha value is -0.300. The molecule has 0 bridgehead atoms. The van der Waals surface area contributed by atoms with Gasteiger partial charge in [-0.25, -0.2) is 0 Å². The van der Waals surface area contributed by atoms with Crippen molar-refractivity contribution in [3.63, 3.8) is 0 Å². The highest BCUT2D eigenvalue weighted by atomic mass is 14.7. The molecule has 1 rings (SSSR count). The molecule has 0 radical (unpaired) electrons. The van der Waals surface area contributed by atoms with Gasteiger partial charge in [-0.3, -0.25) is 0 Å². The molecular weight excluding hydrogens is 146 g/mol. The second-order valence-electron chi connectivity index (χ2n) is 4.60. The van der Waals surface area contributed by atoms with Crippen LogP contribution in [0.5, 0.6) is 0 Å². The molecule has 0 aromatic rings. The van der Waals surface area contributed by atoms with Crippen LogP contribution in [0.1, 0.15) is 40.0 Å². The van der Waals surface area contributed by atoms with Gasteiger partial charge in [0.1, 0.15) is 0 Å². The molecule has 12 heavy (non-hydrogen) atoms. The minimum Gasteiger partial charge on any atom is -0.327 e. The Balaban J connectivity index is 2.77. The molecular formula is C11H21N. The Kier molecular flexibility index (Phi) is 2.62. The fourth-order valence-corrected chi connectivity index (χ4v) is 2.25. The van der Waals surface area contributed by atoms with Crippen molar-refractivity contribution in [2.45, 2.75) is 46.1 Å². The highest BCUT2D eigenvalue weighted by Crippen LogP contribution is 2.44. The lowest BCUT2D eigenvalue weighted by Crippen LogP contribution is -2.37. The first-order valence-corrected chi connectivity index (χ1v) is 4.93. The summed E-state index contributed by atoms with van der Waals surface area (Å²) in [6.45, 7) is 10.9. The van der Waals surface area contributed by atoms with Crippen LogP contribution in [0.25, 0.3) is 0 Å². The van der Waals surface area contributed by atoms with Gasteiger partial charge < -0.3 is 5.73 Å². The highest BCUT2D eigenvalue weighted by molar-refractivity contribution is 5.17. The highest BCUT2D eigenvalue weighted by Gasteiger charge is 2.39. The first kappa shape index (κ1) is 9.79. The average molecular weight is 167 g/mol. The van der Waals surface area contributed by atoms with Gasteiger partial charge in [0.25, 0.3) is 0 Å². The molecule has 0 aliphatic heterocycles. The van der Waals surface area contributed by atoms with Crippen LogP contribution < -0.4 is 5.73 Å². The van der Waals surface area contributed by atoms with Crippen LogP contribution >= 0.6 is 0 Å². The first-order chi connectivity index (χ1) is 5.48. The van der Waals surface area contributed by atoms with E-state index in [0.29, 0.717) is 12.0 Å². The summed E-state index contributed by atoms with van der Waals surface area (Å²) in [5.41, 5.74) is 7.65. The van der Waals surface area contributed by atoms with Gasteiger partial charge in [0.05, 0.1) is 0 Å². The van der Waals surface area contributed by atoms with E-state index in [9.17, 15) is 0 Å². The monoisotopic (exact) mass is 167 g/mol. The lowest BCUT2D eigenvalue weighted by atomic mass is 9.74. The van der Waals surface area contributed by atoms with Gasteiger partial charge >= 0.3 is 0 Å². The van der Waals surface area contributed by atoms with Crippen molar-refractivity contribution in [1.82, 2.24) is 0 Å². The van der Waals surface area contributed by atoms with Crippen molar-refractivity contribution in [3.8, 4) is 0 Å². The van der Waals surface area contributed by atoms with Crippen molar-refractivity contribution in [2.75, 3.05) is 0 Å². The van der Waals surface area contributed by atoms with Gasteiger partial charge in [-0.15, -0.1) is 0 Å². The summed E-state index contributed by atoms with van der Waals surface area (Å²) in [5.74, 6) is 0.569. The molecule has 0 aromatic heterocycles. The largest absolute Gasteiger partial charge is 0.327 e. The van der Waals surface area contributed by atoms with E-state index < -0.39 is 0 Å². The molecule has 1 aliphatic rings. The predicted molar refractivity (Wildman–Crippen MR) is 53.9 cm³/mol. The summed E-state index contributed by atoms with van der Waals surface area (Å²) in [6, 6.07) is 0.340. The minimum absolute atomic E-state index is 0.216. The molecule has 1 nitrogen and oxygen atoms in total. The number of nitrogens with two attached hydrogens (primary N) is 1. The zero-order valence-electron chi connectivity index (χ0n) is 8.56. The molecule has 1 aliphatic carbocycles. The maximum atomic E-state index is 6.09. The van der Waals surface area contributed by atoms with Gasteiger partial charge in [-0.05, 0) is 18.8 Å². The van der Waals surface area contributed by atoms with Crippen LogP contribution in [0.2, 0.25) is 0 Å². The van der Waals surface area contributed by atoms with Crippen molar-refractivity contribution >= 4 is 0 Å². The minimum atomic E-state index is 0.216. The third kappa shape index (κ3) is 1.42. The van der Waals surface area contributed by atoms with Crippen LogP contribution in [-0.2, 0) is 0 Å². The molecule has 0 spiro atoms. The Labute approximate surface area is 76.0 Å². The van der Waals surface area contributed by atoms with E-state index in [4.69, 9.17) is 5.73 Å². The summed E-state index contributed by atoms with van der Waals surface area (Å²) >= 11 is 0. The van der Waals surface area contributed by atoms with E-state index in [-0.39, 0.29) is 5.41 Å². The van der Waals surface area contributed by atoms with E-state index in [0.717, 1.165) is 0 Å². The van der Waals surface area contributed by atoms with Gasteiger partial charge in [-0.2, -0.15) is 0 Å². The van der Waals surface area contributed by atoms with E-state index in [1.54, 1.807) is 0 Å². The zero-order valence-corrected chi connectivity index (χ0v) is 8.56. The van der Waals surface area contributed by atoms with Crippen molar-refractivity contribution < 1.29 is 0 Å². The number of hydrogen-bond donors (Lipinski definition) is 1. The van der Waals surface area contributed by atoms with E-state index >= 15 is 0 Å². The van der Waals surface area contributed by atoms with Crippen LogP contribution in [0.3, 0.4) is 0 Å². The molecule has 2 unspecified atom stereocenters. The van der Waals surface area contributed by atoms with Crippen LogP contribution in [0.15, 0.2) is 12.2 Å². The van der Waals surface area contributed by atoms with Gasteiger partial charge in [0, 0.05) is 11.5 Å². The second-order valence-corrected chi connectivity index (χ2v) is 4.60. The molecule has 70 valence electrons. The Morgan fingerprint density at radius 2 is 2.17 bits per heavy atom. The lowest BCUT2D eigenvalue weighted by molar-refractivity contribution is 0.333. The third-order valence-electron chi connectivity index (χ3n) is 3.46. The van der Waals surface area contributed by atoms with Crippen LogP contribution in [0, 0.1) is 11.3 Å². The maximum Gasteiger partial charge on any atom is 0.0130 e. The molecule has 1 saturated carbocycles. The van der Waals surface area contributed by atoms with Crippen LogP contribution in [-0.4, -0.2) is 6.04 Å². The number of hydrogen-bond acceptors (Lipinski definition) is 1. The zero-order chi connectivity index (χ0) is 9.35. The summed E-state index contributed by atoms with van der Waals surface area (Å²) in [4.78, 5) is 0. The Bertz CT molecular complexity index is 183. The number of rotatable bonds is 2. The predicted octanol–water partition coefficient (Wildman–Crippen LogP) is 2.72. The molecule has 1 heteroatoms. The quantitative estimate of drug-likeness (QED) is 0.629. The smallest absolute Gasteiger partial charge is 0.0130 e. The molecule has 0 amide bonds. The standard InChI is InChI=1S/C11H21N/c1-8(2)9(3)11(4)7-5-6-10(11)12/h8,10H,3,5-7,12H2,1-2,4H3. The average Bonchev–Trinajstić information content (AvgIpc) is 2.32. The first-order valence-electron chi connectivity index (χ1n) is 4.93. The molecule has 2 atom stereocenters. The van der Waals surface area contributed by atoms with Crippen LogP contribution in [0.4, 0.5) is 0 Å². The summed E-state index contributed by atoms with van der Waals surface area (Å²) in [5, 5.41) is 0. The summed E-state index contributed by atoms with van der Waals surface area (Å²) in [7, 11) is 0. The van der Waals surface area contributed by atoms with Gasteiger partial charge in [0.15, 0.2) is 0 Å². The SMILES string of the molecule is C=C(C(C)C)C1(C)CCCC1N. The van der Waals surface area contributed by atoms with Gasteiger partial charge in [-0.1, -0.05) is 39.3 Å². The van der Waals surface area contributed by atoms with Crippen molar-refractivity contribution in [2.24, 2.45) is 17.1 Å². The molecule has 1 fully saturated rings. The van der Waals surface area contributed by atoms with E-state index in [2.05, 4.69) is 27.4 Å². The van der Waals surface area contributed by atoms with E-state index in [1.807, 2.05) is 0 Å². The topological polar surface area (TPSA) is 26.0 Å². The van der Waals surface area contributed by atoms with Crippen molar-refractivity contribution in [1.29, 1.82) is 0 Å². The Morgan fingerprint density at radius 1 is 1.58 bits per heavy atom. The molecule has 0 heterocycles. The summed E-state index contributed by atoms with van der Waals surface area (Å²) in [6.07, 6.45) is 3.66. The lowest BCUT2D eigenvalue weighted by Gasteiger charge is -2.33. The molecule has 2 N–H and O–H groups in total. The van der Waals surface area contributed by atoms with Crippen molar-refractivity contribution in [3.05, 3.63) is 12.2 Å². The van der Waals surface area contributed by atoms with Gasteiger partial charge in [0.2, 0.25) is 0 Å². The second kappa shape index (κ2) is 3.21. The molecule has 0 aromatic carbocycles. The fraction of sp³-hybridized carbons (Fsp3) is 0.818. The normalized spacial score (nSPS) is 35.9. The Morgan fingerprint density at radius 3 is 2.50 bits per heavy atom. The maximum absolute atomic E-state index is 6.09. The van der Waals surface area contributed by atoms with E-state index in [1.165, 1.54) is 24.8 Å². The third-order valence-corrected chi connectivity index (χ3v) is 3.46. The summed E-state index contributed by atoms with van der Waals surface area (Å²) < 4.78 is 0. The fourth-order valence-electron chi connectivity index (χ4n) is 2.25.